The minimum Gasteiger partial charge on any atom is -0.347 e. The summed E-state index contributed by atoms with van der Waals surface area (Å²) in [4.78, 5) is 13.2. The summed E-state index contributed by atoms with van der Waals surface area (Å²) in [7, 11) is 2.03. The molecule has 3 rings (SSSR count). The molecule has 1 heterocycles. The zero-order valence-corrected chi connectivity index (χ0v) is 12.4. The van der Waals surface area contributed by atoms with Gasteiger partial charge in [-0.25, -0.2) is 0 Å². The SMILES string of the molecule is CN1/C(=C/C=O)C(C)(Cc2ccccc2)c2ccccc21. The summed E-state index contributed by atoms with van der Waals surface area (Å²) in [6.45, 7) is 2.22. The number of hydrogen-bond donors (Lipinski definition) is 0. The maximum atomic E-state index is 11.1. The first-order chi connectivity index (χ1) is 10.2. The molecule has 0 spiro atoms. The number of likely N-dealkylation sites (N-methyl/N-ethyl adjacent to an activating group) is 1. The van der Waals surface area contributed by atoms with E-state index in [2.05, 4.69) is 54.3 Å². The van der Waals surface area contributed by atoms with E-state index in [0.29, 0.717) is 0 Å². The number of aldehydes is 1. The van der Waals surface area contributed by atoms with Crippen LogP contribution in [0.25, 0.3) is 0 Å². The van der Waals surface area contributed by atoms with Crippen LogP contribution in [0.3, 0.4) is 0 Å². The summed E-state index contributed by atoms with van der Waals surface area (Å²) < 4.78 is 0. The van der Waals surface area contributed by atoms with Gasteiger partial charge in [-0.05, 0) is 36.6 Å². The summed E-state index contributed by atoms with van der Waals surface area (Å²) in [5.74, 6) is 0. The number of para-hydroxylation sites is 1. The Bertz CT molecular complexity index is 690. The molecule has 106 valence electrons. The number of nitrogens with zero attached hydrogens (tertiary/aromatic N) is 1. The van der Waals surface area contributed by atoms with Crippen molar-refractivity contribution >= 4 is 12.0 Å². The molecule has 1 unspecified atom stereocenters. The van der Waals surface area contributed by atoms with Crippen molar-refractivity contribution in [1.29, 1.82) is 0 Å². The molecular weight excluding hydrogens is 258 g/mol. The normalized spacial score (nSPS) is 22.4. The summed E-state index contributed by atoms with van der Waals surface area (Å²) >= 11 is 0. The molecule has 2 aromatic carbocycles. The highest BCUT2D eigenvalue weighted by atomic mass is 16.1. The number of anilines is 1. The summed E-state index contributed by atoms with van der Waals surface area (Å²) in [6.07, 6.45) is 3.47. The lowest BCUT2D eigenvalue weighted by atomic mass is 9.76. The molecule has 0 saturated carbocycles. The van der Waals surface area contributed by atoms with Crippen LogP contribution < -0.4 is 4.90 Å². The lowest BCUT2D eigenvalue weighted by Crippen LogP contribution is -2.29. The van der Waals surface area contributed by atoms with Crippen molar-refractivity contribution in [3.05, 3.63) is 77.5 Å². The van der Waals surface area contributed by atoms with Crippen LogP contribution in [0.5, 0.6) is 0 Å². The predicted octanol–water partition coefficient (Wildman–Crippen LogP) is 3.72. The van der Waals surface area contributed by atoms with E-state index in [1.54, 1.807) is 6.08 Å². The Morgan fingerprint density at radius 3 is 2.43 bits per heavy atom. The number of benzene rings is 2. The van der Waals surface area contributed by atoms with Crippen LogP contribution in [0, 0.1) is 0 Å². The zero-order chi connectivity index (χ0) is 14.9. The smallest absolute Gasteiger partial charge is 0.144 e. The van der Waals surface area contributed by atoms with E-state index in [4.69, 9.17) is 0 Å². The van der Waals surface area contributed by atoms with Gasteiger partial charge >= 0.3 is 0 Å². The van der Waals surface area contributed by atoms with Crippen LogP contribution in [0.15, 0.2) is 66.4 Å². The molecule has 1 atom stereocenters. The van der Waals surface area contributed by atoms with Crippen molar-refractivity contribution in [3.8, 4) is 0 Å². The zero-order valence-electron chi connectivity index (χ0n) is 12.4. The van der Waals surface area contributed by atoms with Gasteiger partial charge in [-0.3, -0.25) is 4.79 Å². The fourth-order valence-electron chi connectivity index (χ4n) is 3.42. The number of carbonyl (C=O) groups excluding carboxylic acids is 1. The number of fused-ring (bicyclic) bond motifs is 1. The fourth-order valence-corrected chi connectivity index (χ4v) is 3.42. The highest BCUT2D eigenvalue weighted by Gasteiger charge is 2.41. The van der Waals surface area contributed by atoms with Gasteiger partial charge in [0.05, 0.1) is 0 Å². The molecule has 0 saturated heterocycles. The molecule has 0 bridgehead atoms. The molecule has 21 heavy (non-hydrogen) atoms. The minimum absolute atomic E-state index is 0.173. The van der Waals surface area contributed by atoms with Gasteiger partial charge in [0.2, 0.25) is 0 Å². The molecule has 2 nitrogen and oxygen atoms in total. The van der Waals surface area contributed by atoms with Crippen LogP contribution in [0.2, 0.25) is 0 Å². The molecule has 1 aliphatic heterocycles. The van der Waals surface area contributed by atoms with Gasteiger partial charge in [0.1, 0.15) is 6.29 Å². The first-order valence-corrected chi connectivity index (χ1v) is 7.20. The second-order valence-corrected chi connectivity index (χ2v) is 5.76. The fraction of sp³-hybridized carbons (Fsp3) is 0.211. The van der Waals surface area contributed by atoms with Crippen LogP contribution in [-0.2, 0) is 16.6 Å². The van der Waals surface area contributed by atoms with Gasteiger partial charge in [0.25, 0.3) is 0 Å². The summed E-state index contributed by atoms with van der Waals surface area (Å²) in [5, 5.41) is 0. The standard InChI is InChI=1S/C19H19NO/c1-19(14-15-8-4-3-5-9-15)16-10-6-7-11-17(16)20(2)18(19)12-13-21/h3-13H,14H2,1-2H3/b18-12+. The molecular formula is C19H19NO. The van der Waals surface area contributed by atoms with Gasteiger partial charge in [-0.1, -0.05) is 48.5 Å². The van der Waals surface area contributed by atoms with Crippen LogP contribution in [0.4, 0.5) is 5.69 Å². The van der Waals surface area contributed by atoms with Crippen molar-refractivity contribution in [2.45, 2.75) is 18.8 Å². The monoisotopic (exact) mass is 277 g/mol. The molecule has 0 aromatic heterocycles. The molecule has 0 aliphatic carbocycles. The Morgan fingerprint density at radius 1 is 1.05 bits per heavy atom. The second kappa shape index (κ2) is 5.21. The van der Waals surface area contributed by atoms with Gasteiger partial charge in [-0.2, -0.15) is 0 Å². The van der Waals surface area contributed by atoms with Gasteiger partial charge < -0.3 is 4.90 Å². The largest absolute Gasteiger partial charge is 0.347 e. The van der Waals surface area contributed by atoms with Crippen LogP contribution >= 0.6 is 0 Å². The van der Waals surface area contributed by atoms with Crippen molar-refractivity contribution in [2.75, 3.05) is 11.9 Å². The third-order valence-electron chi connectivity index (χ3n) is 4.41. The minimum atomic E-state index is -0.173. The average Bonchev–Trinajstić information content (AvgIpc) is 2.71. The number of rotatable bonds is 3. The third-order valence-corrected chi connectivity index (χ3v) is 4.41. The lowest BCUT2D eigenvalue weighted by Gasteiger charge is -2.28. The maximum absolute atomic E-state index is 11.1. The molecule has 2 heteroatoms. The van der Waals surface area contributed by atoms with E-state index in [-0.39, 0.29) is 5.41 Å². The molecule has 1 aliphatic rings. The molecule has 0 fully saturated rings. The van der Waals surface area contributed by atoms with Gasteiger partial charge in [0, 0.05) is 23.8 Å². The maximum Gasteiger partial charge on any atom is 0.144 e. The number of allylic oxidation sites excluding steroid dienone is 2. The molecule has 0 amide bonds. The molecule has 2 aromatic rings. The highest BCUT2D eigenvalue weighted by molar-refractivity contribution is 5.77. The average molecular weight is 277 g/mol. The van der Waals surface area contributed by atoms with Gasteiger partial charge in [0.15, 0.2) is 0 Å². The Kier molecular flexibility index (Phi) is 3.38. The van der Waals surface area contributed by atoms with Crippen molar-refractivity contribution in [3.63, 3.8) is 0 Å². The van der Waals surface area contributed by atoms with Crippen molar-refractivity contribution in [1.82, 2.24) is 0 Å². The Morgan fingerprint density at radius 2 is 1.71 bits per heavy atom. The Balaban J connectivity index is 2.13. The van der Waals surface area contributed by atoms with Crippen molar-refractivity contribution in [2.24, 2.45) is 0 Å². The third kappa shape index (κ3) is 2.17. The Hall–Kier alpha value is -2.35. The summed E-state index contributed by atoms with van der Waals surface area (Å²) in [6, 6.07) is 18.8. The second-order valence-electron chi connectivity index (χ2n) is 5.76. The van der Waals surface area contributed by atoms with E-state index in [0.717, 1.165) is 18.4 Å². The number of hydrogen-bond acceptors (Lipinski definition) is 2. The van der Waals surface area contributed by atoms with E-state index >= 15 is 0 Å². The van der Waals surface area contributed by atoms with Crippen LogP contribution in [0.1, 0.15) is 18.1 Å². The quantitative estimate of drug-likeness (QED) is 0.629. The Labute approximate surface area is 125 Å². The predicted molar refractivity (Wildman–Crippen MR) is 86.5 cm³/mol. The van der Waals surface area contributed by atoms with E-state index < -0.39 is 0 Å². The van der Waals surface area contributed by atoms with E-state index in [9.17, 15) is 4.79 Å². The number of carbonyl (C=O) groups is 1. The lowest BCUT2D eigenvalue weighted by molar-refractivity contribution is -0.104. The first-order valence-electron chi connectivity index (χ1n) is 7.20. The highest BCUT2D eigenvalue weighted by Crippen LogP contribution is 2.48. The van der Waals surface area contributed by atoms with Gasteiger partial charge in [-0.15, -0.1) is 0 Å². The van der Waals surface area contributed by atoms with E-state index in [1.807, 2.05) is 19.2 Å². The molecule has 0 radical (unpaired) electrons. The summed E-state index contributed by atoms with van der Waals surface area (Å²) in [5.41, 5.74) is 4.63. The topological polar surface area (TPSA) is 20.3 Å². The first kappa shape index (κ1) is 13.6. The van der Waals surface area contributed by atoms with E-state index in [1.165, 1.54) is 16.8 Å². The molecule has 0 N–H and O–H groups in total. The van der Waals surface area contributed by atoms with Crippen molar-refractivity contribution < 1.29 is 4.79 Å². The van der Waals surface area contributed by atoms with Crippen LogP contribution in [-0.4, -0.2) is 13.3 Å².